The molecule has 6 nitrogen and oxygen atoms in total. The lowest BCUT2D eigenvalue weighted by molar-refractivity contribution is -0.132. The van der Waals surface area contributed by atoms with Gasteiger partial charge in [0.05, 0.1) is 25.3 Å². The molecule has 0 bridgehead atoms. The van der Waals surface area contributed by atoms with Crippen LogP contribution in [0.2, 0.25) is 0 Å². The second-order valence-electron chi connectivity index (χ2n) is 8.23. The van der Waals surface area contributed by atoms with E-state index in [1.165, 1.54) is 5.56 Å². The number of methoxy groups -OCH3 is 2. The van der Waals surface area contributed by atoms with Gasteiger partial charge in [-0.15, -0.1) is 0 Å². The summed E-state index contributed by atoms with van der Waals surface area (Å²) in [6.45, 7) is 1.29. The molecule has 0 aliphatic carbocycles. The highest BCUT2D eigenvalue weighted by atomic mass is 16.5. The molecule has 3 aromatic carbocycles. The SMILES string of the molecule is COc1cc2c(cc1OC)CN(C(=O)CCc1nc3ccccc3n1-c1ccccc1)CC2. The fraction of sp³-hybridized carbons (Fsp3) is 0.259. The van der Waals surface area contributed by atoms with Crippen molar-refractivity contribution in [3.63, 3.8) is 0 Å². The van der Waals surface area contributed by atoms with Crippen LogP contribution in [0.3, 0.4) is 0 Å². The first-order valence-electron chi connectivity index (χ1n) is 11.2. The van der Waals surface area contributed by atoms with Crippen LogP contribution in [-0.2, 0) is 24.2 Å². The molecule has 168 valence electrons. The number of carbonyl (C=O) groups is 1. The summed E-state index contributed by atoms with van der Waals surface area (Å²) in [5.74, 6) is 2.47. The first-order chi connectivity index (χ1) is 16.2. The third kappa shape index (κ3) is 4.04. The molecular weight excluding hydrogens is 414 g/mol. The largest absolute Gasteiger partial charge is 0.493 e. The van der Waals surface area contributed by atoms with Crippen LogP contribution >= 0.6 is 0 Å². The number of rotatable bonds is 6. The highest BCUT2D eigenvalue weighted by molar-refractivity contribution is 5.79. The van der Waals surface area contributed by atoms with Gasteiger partial charge >= 0.3 is 0 Å². The molecule has 5 rings (SSSR count). The Morgan fingerprint density at radius 2 is 1.64 bits per heavy atom. The van der Waals surface area contributed by atoms with E-state index in [0.717, 1.165) is 40.3 Å². The van der Waals surface area contributed by atoms with Crippen LogP contribution in [-0.4, -0.2) is 41.1 Å². The molecular formula is C27H27N3O3. The fourth-order valence-electron chi connectivity index (χ4n) is 4.58. The van der Waals surface area contributed by atoms with Crippen molar-refractivity contribution >= 4 is 16.9 Å². The van der Waals surface area contributed by atoms with Gasteiger partial charge in [-0.2, -0.15) is 0 Å². The van der Waals surface area contributed by atoms with Gasteiger partial charge in [0.25, 0.3) is 0 Å². The number of amides is 1. The number of ether oxygens (including phenoxy) is 2. The van der Waals surface area contributed by atoms with E-state index in [1.54, 1.807) is 14.2 Å². The highest BCUT2D eigenvalue weighted by Crippen LogP contribution is 2.33. The van der Waals surface area contributed by atoms with E-state index >= 15 is 0 Å². The Hall–Kier alpha value is -3.80. The summed E-state index contributed by atoms with van der Waals surface area (Å²) >= 11 is 0. The van der Waals surface area contributed by atoms with Crippen LogP contribution in [0.4, 0.5) is 0 Å². The van der Waals surface area contributed by atoms with Gasteiger partial charge in [-0.3, -0.25) is 9.36 Å². The zero-order chi connectivity index (χ0) is 22.8. The zero-order valence-electron chi connectivity index (χ0n) is 19.0. The molecule has 0 atom stereocenters. The van der Waals surface area contributed by atoms with Crippen molar-refractivity contribution in [2.45, 2.75) is 25.8 Å². The van der Waals surface area contributed by atoms with Gasteiger partial charge in [-0.1, -0.05) is 30.3 Å². The molecule has 1 aliphatic heterocycles. The quantitative estimate of drug-likeness (QED) is 0.440. The lowest BCUT2D eigenvalue weighted by atomic mass is 9.98. The molecule has 0 spiro atoms. The number of benzene rings is 3. The Kier molecular flexibility index (Phi) is 5.73. The molecule has 4 aromatic rings. The van der Waals surface area contributed by atoms with E-state index in [4.69, 9.17) is 14.5 Å². The monoisotopic (exact) mass is 441 g/mol. The number of carbonyl (C=O) groups excluding carboxylic acids is 1. The topological polar surface area (TPSA) is 56.6 Å². The number of aromatic nitrogens is 2. The predicted octanol–water partition coefficient (Wildman–Crippen LogP) is 4.56. The normalized spacial score (nSPS) is 13.1. The number of aryl methyl sites for hydroxylation is 1. The van der Waals surface area contributed by atoms with Crippen molar-refractivity contribution in [2.75, 3.05) is 20.8 Å². The van der Waals surface area contributed by atoms with Gasteiger partial charge in [0.2, 0.25) is 5.91 Å². The molecule has 1 amide bonds. The second-order valence-corrected chi connectivity index (χ2v) is 8.23. The second kappa shape index (κ2) is 8.98. The minimum atomic E-state index is 0.141. The van der Waals surface area contributed by atoms with Crippen LogP contribution < -0.4 is 9.47 Å². The average Bonchev–Trinajstić information content (AvgIpc) is 3.25. The smallest absolute Gasteiger partial charge is 0.223 e. The highest BCUT2D eigenvalue weighted by Gasteiger charge is 2.23. The Balaban J connectivity index is 1.35. The maximum atomic E-state index is 13.2. The van der Waals surface area contributed by atoms with Crippen LogP contribution in [0.15, 0.2) is 66.7 Å². The lowest BCUT2D eigenvalue weighted by Gasteiger charge is -2.29. The summed E-state index contributed by atoms with van der Waals surface area (Å²) in [7, 11) is 3.28. The molecule has 0 saturated carbocycles. The third-order valence-corrected chi connectivity index (χ3v) is 6.28. The van der Waals surface area contributed by atoms with Crippen molar-refractivity contribution in [3.05, 3.63) is 83.7 Å². The molecule has 0 N–H and O–H groups in total. The molecule has 0 saturated heterocycles. The first-order valence-corrected chi connectivity index (χ1v) is 11.2. The van der Waals surface area contributed by atoms with Crippen molar-refractivity contribution in [1.82, 2.24) is 14.5 Å². The fourth-order valence-corrected chi connectivity index (χ4v) is 4.58. The summed E-state index contributed by atoms with van der Waals surface area (Å²) in [6.07, 6.45) is 1.81. The molecule has 0 unspecified atom stereocenters. The van der Waals surface area contributed by atoms with Gasteiger partial charge in [0.15, 0.2) is 11.5 Å². The summed E-state index contributed by atoms with van der Waals surface area (Å²) in [4.78, 5) is 19.9. The first kappa shape index (κ1) is 21.1. The number of fused-ring (bicyclic) bond motifs is 2. The molecule has 1 aliphatic rings. The Morgan fingerprint density at radius 3 is 2.39 bits per heavy atom. The molecule has 2 heterocycles. The van der Waals surface area contributed by atoms with E-state index in [9.17, 15) is 4.79 Å². The van der Waals surface area contributed by atoms with Gasteiger partial charge in [-0.05, 0) is 53.9 Å². The van der Waals surface area contributed by atoms with Crippen LogP contribution in [0.1, 0.15) is 23.4 Å². The number of hydrogen-bond donors (Lipinski definition) is 0. The lowest BCUT2D eigenvalue weighted by Crippen LogP contribution is -2.36. The van der Waals surface area contributed by atoms with Crippen LogP contribution in [0, 0.1) is 0 Å². The van der Waals surface area contributed by atoms with Crippen molar-refractivity contribution < 1.29 is 14.3 Å². The van der Waals surface area contributed by atoms with E-state index in [1.807, 2.05) is 53.4 Å². The summed E-state index contributed by atoms with van der Waals surface area (Å²) in [5, 5.41) is 0. The van der Waals surface area contributed by atoms with Crippen molar-refractivity contribution in [2.24, 2.45) is 0 Å². The molecule has 33 heavy (non-hydrogen) atoms. The number of nitrogens with zero attached hydrogens (tertiary/aromatic N) is 3. The summed E-state index contributed by atoms with van der Waals surface area (Å²) in [5.41, 5.74) is 5.38. The van der Waals surface area contributed by atoms with Crippen LogP contribution in [0.25, 0.3) is 16.7 Å². The third-order valence-electron chi connectivity index (χ3n) is 6.28. The van der Waals surface area contributed by atoms with E-state index in [0.29, 0.717) is 31.7 Å². The van der Waals surface area contributed by atoms with Crippen molar-refractivity contribution in [3.8, 4) is 17.2 Å². The number of hydrogen-bond acceptors (Lipinski definition) is 4. The summed E-state index contributed by atoms with van der Waals surface area (Å²) in [6, 6.07) is 22.3. The zero-order valence-corrected chi connectivity index (χ0v) is 19.0. The molecule has 0 radical (unpaired) electrons. The Morgan fingerprint density at radius 1 is 0.939 bits per heavy atom. The van der Waals surface area contributed by atoms with Crippen LogP contribution in [0.5, 0.6) is 11.5 Å². The number of imidazole rings is 1. The van der Waals surface area contributed by atoms with E-state index < -0.39 is 0 Å². The molecule has 1 aromatic heterocycles. The molecule has 6 heteroatoms. The van der Waals surface area contributed by atoms with Gasteiger partial charge in [0.1, 0.15) is 5.82 Å². The molecule has 0 fully saturated rings. The maximum Gasteiger partial charge on any atom is 0.223 e. The predicted molar refractivity (Wildman–Crippen MR) is 128 cm³/mol. The van der Waals surface area contributed by atoms with Crippen molar-refractivity contribution in [1.29, 1.82) is 0 Å². The van der Waals surface area contributed by atoms with Gasteiger partial charge in [0, 0.05) is 31.6 Å². The Bertz CT molecular complexity index is 1300. The minimum absolute atomic E-state index is 0.141. The van der Waals surface area contributed by atoms with Gasteiger partial charge in [-0.25, -0.2) is 4.98 Å². The Labute approximate surface area is 193 Å². The van der Waals surface area contributed by atoms with E-state index in [2.05, 4.69) is 22.8 Å². The van der Waals surface area contributed by atoms with E-state index in [-0.39, 0.29) is 5.91 Å². The maximum absolute atomic E-state index is 13.2. The number of para-hydroxylation sites is 3. The average molecular weight is 442 g/mol. The van der Waals surface area contributed by atoms with Gasteiger partial charge < -0.3 is 14.4 Å². The summed E-state index contributed by atoms with van der Waals surface area (Å²) < 4.78 is 13.0. The minimum Gasteiger partial charge on any atom is -0.493 e. The standard InChI is InChI=1S/C27H27N3O3/c1-32-24-16-19-14-15-29(18-20(19)17-25(24)33-2)27(31)13-12-26-28-22-10-6-7-11-23(22)30(26)21-8-4-3-5-9-21/h3-11,16-17H,12-15,18H2,1-2H3.